The number of likely N-dealkylation sites (tertiary alicyclic amines) is 1. The van der Waals surface area contributed by atoms with Crippen molar-refractivity contribution in [1.29, 1.82) is 0 Å². The zero-order valence-electron chi connectivity index (χ0n) is 20.3. The maximum absolute atomic E-state index is 12.5. The number of carbonyl (C=O) groups is 3. The minimum atomic E-state index is -0.426. The predicted octanol–water partition coefficient (Wildman–Crippen LogP) is 3.90. The molecule has 9 heteroatoms. The molecule has 0 saturated carbocycles. The van der Waals surface area contributed by atoms with Crippen LogP contribution in [-0.4, -0.2) is 45.7 Å². The first-order valence-electron chi connectivity index (χ1n) is 11.8. The number of para-hydroxylation sites is 2. The minimum absolute atomic E-state index is 0.101. The number of amides is 3. The van der Waals surface area contributed by atoms with E-state index in [1.54, 1.807) is 23.9 Å². The Kier molecular flexibility index (Phi) is 7.45. The normalized spacial score (nSPS) is 14.7. The summed E-state index contributed by atoms with van der Waals surface area (Å²) < 4.78 is 0. The molecule has 1 saturated heterocycles. The molecule has 35 heavy (non-hydrogen) atoms. The van der Waals surface area contributed by atoms with E-state index >= 15 is 0 Å². The zero-order valence-corrected chi connectivity index (χ0v) is 21.1. The number of rotatable bonds is 5. The van der Waals surface area contributed by atoms with Crippen molar-refractivity contribution in [2.75, 3.05) is 13.1 Å². The minimum Gasteiger partial charge on any atom is -0.342 e. The van der Waals surface area contributed by atoms with E-state index in [0.717, 1.165) is 27.5 Å². The summed E-state index contributed by atoms with van der Waals surface area (Å²) in [6.07, 6.45) is 1.17. The summed E-state index contributed by atoms with van der Waals surface area (Å²) in [4.78, 5) is 47.1. The number of piperidine rings is 1. The molecule has 1 fully saturated rings. The highest BCUT2D eigenvalue weighted by atomic mass is 32.2. The van der Waals surface area contributed by atoms with E-state index in [2.05, 4.69) is 20.8 Å². The molecular formula is C26H31N5O3S. The monoisotopic (exact) mass is 493 g/mol. The summed E-state index contributed by atoms with van der Waals surface area (Å²) in [5.41, 5.74) is 8.10. The molecule has 0 spiro atoms. The molecular weight excluding hydrogens is 462 g/mol. The van der Waals surface area contributed by atoms with Gasteiger partial charge in [-0.1, -0.05) is 56.8 Å². The highest BCUT2D eigenvalue weighted by molar-refractivity contribution is 7.98. The first-order chi connectivity index (χ1) is 16.7. The third kappa shape index (κ3) is 6.22. The van der Waals surface area contributed by atoms with Crippen LogP contribution in [-0.2, 0) is 15.3 Å². The zero-order chi connectivity index (χ0) is 25.0. The predicted molar refractivity (Wildman–Crippen MR) is 136 cm³/mol. The lowest BCUT2D eigenvalue weighted by Crippen LogP contribution is -2.49. The Morgan fingerprint density at radius 3 is 2.37 bits per heavy atom. The Morgan fingerprint density at radius 1 is 1.03 bits per heavy atom. The van der Waals surface area contributed by atoms with Gasteiger partial charge in [0.05, 0.1) is 11.0 Å². The number of carbonyl (C=O) groups excluding carboxylic acids is 3. The Balaban J connectivity index is 1.22. The van der Waals surface area contributed by atoms with Gasteiger partial charge < -0.3 is 9.88 Å². The fraction of sp³-hybridized carbons (Fsp3) is 0.385. The van der Waals surface area contributed by atoms with Gasteiger partial charge in [0.2, 0.25) is 11.8 Å². The van der Waals surface area contributed by atoms with Crippen molar-refractivity contribution in [2.45, 2.75) is 44.5 Å². The molecule has 0 unspecified atom stereocenters. The average Bonchev–Trinajstić information content (AvgIpc) is 3.28. The molecule has 0 bridgehead atoms. The molecule has 1 aliphatic heterocycles. The Bertz CT molecular complexity index is 1170. The molecule has 184 valence electrons. The number of benzene rings is 2. The third-order valence-corrected chi connectivity index (χ3v) is 7.00. The van der Waals surface area contributed by atoms with Crippen LogP contribution < -0.4 is 10.9 Å². The van der Waals surface area contributed by atoms with Gasteiger partial charge in [0.25, 0.3) is 5.91 Å². The van der Waals surface area contributed by atoms with Crippen molar-refractivity contribution in [2.24, 2.45) is 11.3 Å². The molecule has 2 aromatic carbocycles. The van der Waals surface area contributed by atoms with Crippen molar-refractivity contribution in [1.82, 2.24) is 25.7 Å². The quantitative estimate of drug-likeness (QED) is 0.369. The SMILES string of the molecule is CC(C)(C)C(=O)N1CCC(C(=O)NNC(=O)c2ccc(CSc3nc4ccccc4[nH]3)cc2)CC1. The third-order valence-electron chi connectivity index (χ3n) is 6.05. The van der Waals surface area contributed by atoms with E-state index < -0.39 is 5.41 Å². The van der Waals surface area contributed by atoms with Gasteiger partial charge in [-0.3, -0.25) is 25.2 Å². The van der Waals surface area contributed by atoms with Crippen molar-refractivity contribution in [3.8, 4) is 0 Å². The van der Waals surface area contributed by atoms with Crippen LogP contribution >= 0.6 is 11.8 Å². The lowest BCUT2D eigenvalue weighted by atomic mass is 9.91. The second-order valence-electron chi connectivity index (χ2n) is 9.80. The molecule has 4 rings (SSSR count). The summed E-state index contributed by atoms with van der Waals surface area (Å²) >= 11 is 1.60. The highest BCUT2D eigenvalue weighted by Gasteiger charge is 2.32. The number of hydrazine groups is 1. The lowest BCUT2D eigenvalue weighted by molar-refractivity contribution is -0.142. The van der Waals surface area contributed by atoms with E-state index in [9.17, 15) is 14.4 Å². The first kappa shape index (κ1) is 24.8. The molecule has 1 aliphatic rings. The number of imidazole rings is 1. The molecule has 2 heterocycles. The fourth-order valence-corrected chi connectivity index (χ4v) is 4.85. The summed E-state index contributed by atoms with van der Waals surface area (Å²) in [6, 6.07) is 15.2. The number of fused-ring (bicyclic) bond motifs is 1. The number of hydrogen-bond acceptors (Lipinski definition) is 5. The van der Waals surface area contributed by atoms with Crippen LogP contribution in [0.2, 0.25) is 0 Å². The van der Waals surface area contributed by atoms with Crippen molar-refractivity contribution in [3.63, 3.8) is 0 Å². The Morgan fingerprint density at radius 2 is 1.71 bits per heavy atom. The van der Waals surface area contributed by atoms with Crippen LogP contribution in [0.3, 0.4) is 0 Å². The molecule has 0 atom stereocenters. The van der Waals surface area contributed by atoms with E-state index in [1.807, 2.05) is 62.1 Å². The second-order valence-corrected chi connectivity index (χ2v) is 10.8. The molecule has 0 radical (unpaired) electrons. The maximum Gasteiger partial charge on any atom is 0.269 e. The van der Waals surface area contributed by atoms with Crippen LogP contribution in [0.1, 0.15) is 49.5 Å². The van der Waals surface area contributed by atoms with Crippen molar-refractivity contribution >= 4 is 40.5 Å². The smallest absolute Gasteiger partial charge is 0.269 e. The first-order valence-corrected chi connectivity index (χ1v) is 12.8. The fourth-order valence-electron chi connectivity index (χ4n) is 4.01. The molecule has 0 aliphatic carbocycles. The summed E-state index contributed by atoms with van der Waals surface area (Å²) in [5.74, 6) is 0.00538. The summed E-state index contributed by atoms with van der Waals surface area (Å²) in [7, 11) is 0. The van der Waals surface area contributed by atoms with Crippen LogP contribution in [0.15, 0.2) is 53.7 Å². The van der Waals surface area contributed by atoms with Gasteiger partial charge in [0, 0.05) is 35.7 Å². The lowest BCUT2D eigenvalue weighted by Gasteiger charge is -2.35. The highest BCUT2D eigenvalue weighted by Crippen LogP contribution is 2.24. The number of hydrogen-bond donors (Lipinski definition) is 3. The number of H-pyrrole nitrogens is 1. The molecule has 3 aromatic rings. The van der Waals surface area contributed by atoms with Gasteiger partial charge in [-0.25, -0.2) is 4.98 Å². The van der Waals surface area contributed by atoms with Crippen LogP contribution in [0.5, 0.6) is 0 Å². The van der Waals surface area contributed by atoms with Gasteiger partial charge in [0.1, 0.15) is 0 Å². The van der Waals surface area contributed by atoms with E-state index in [4.69, 9.17) is 0 Å². The average molecular weight is 494 g/mol. The van der Waals surface area contributed by atoms with Gasteiger partial charge in [-0.2, -0.15) is 0 Å². The Hall–Kier alpha value is -3.33. The van der Waals surface area contributed by atoms with Crippen LogP contribution in [0, 0.1) is 11.3 Å². The summed E-state index contributed by atoms with van der Waals surface area (Å²) in [6.45, 7) is 6.80. The van der Waals surface area contributed by atoms with Crippen molar-refractivity contribution < 1.29 is 14.4 Å². The molecule has 3 amide bonds. The van der Waals surface area contributed by atoms with Crippen molar-refractivity contribution in [3.05, 3.63) is 59.7 Å². The van der Waals surface area contributed by atoms with E-state index in [-0.39, 0.29) is 23.6 Å². The van der Waals surface area contributed by atoms with E-state index in [1.165, 1.54) is 0 Å². The van der Waals surface area contributed by atoms with Gasteiger partial charge in [-0.15, -0.1) is 0 Å². The van der Waals surface area contributed by atoms with Gasteiger partial charge >= 0.3 is 0 Å². The molecule has 3 N–H and O–H groups in total. The van der Waals surface area contributed by atoms with E-state index in [0.29, 0.717) is 31.5 Å². The largest absolute Gasteiger partial charge is 0.342 e. The summed E-state index contributed by atoms with van der Waals surface area (Å²) in [5, 5.41) is 0.851. The van der Waals surface area contributed by atoms with Gasteiger partial charge in [-0.05, 0) is 42.7 Å². The number of nitrogens with zero attached hydrogens (tertiary/aromatic N) is 2. The number of nitrogens with one attached hydrogen (secondary N) is 3. The number of aromatic nitrogens is 2. The van der Waals surface area contributed by atoms with Crippen LogP contribution in [0.4, 0.5) is 0 Å². The molecule has 1 aromatic heterocycles. The number of aromatic amines is 1. The topological polar surface area (TPSA) is 107 Å². The number of thioether (sulfide) groups is 1. The second kappa shape index (κ2) is 10.5. The van der Waals surface area contributed by atoms with Crippen LogP contribution in [0.25, 0.3) is 11.0 Å². The van der Waals surface area contributed by atoms with Gasteiger partial charge in [0.15, 0.2) is 5.16 Å². The Labute approximate surface area is 209 Å². The molecule has 8 nitrogen and oxygen atoms in total. The standard InChI is InChI=1S/C26H31N5O3S/c1-26(2,3)24(34)31-14-12-19(13-15-31)23(33)30-29-22(32)18-10-8-17(9-11-18)16-35-25-27-20-6-4-5-7-21(20)28-25/h4-11,19H,12-16H2,1-3H3,(H,27,28)(H,29,32)(H,30,33). The maximum atomic E-state index is 12.5.